The summed E-state index contributed by atoms with van der Waals surface area (Å²) < 4.78 is 0. The molecule has 0 aliphatic heterocycles. The van der Waals surface area contributed by atoms with Gasteiger partial charge in [0.2, 0.25) is 0 Å². The van der Waals surface area contributed by atoms with Crippen LogP contribution < -0.4 is 0 Å². The number of rotatable bonds is 9. The Kier molecular flexibility index (Phi) is 7.26. The van der Waals surface area contributed by atoms with Crippen molar-refractivity contribution in [3.8, 4) is 0 Å². The molecule has 0 aliphatic carbocycles. The molecule has 0 saturated carbocycles. The van der Waals surface area contributed by atoms with Crippen molar-refractivity contribution in [1.29, 1.82) is 0 Å². The van der Waals surface area contributed by atoms with Crippen molar-refractivity contribution in [3.63, 3.8) is 0 Å². The van der Waals surface area contributed by atoms with E-state index in [2.05, 4.69) is 24.0 Å². The maximum Gasteiger partial charge on any atom is 0.317 e. The van der Waals surface area contributed by atoms with Gasteiger partial charge in [0.25, 0.3) is 0 Å². The van der Waals surface area contributed by atoms with Crippen LogP contribution in [0, 0.1) is 0 Å². The molecule has 0 saturated heterocycles. The molecule has 1 aromatic carbocycles. The third-order valence-electron chi connectivity index (χ3n) is 3.47. The third kappa shape index (κ3) is 6.68. The number of carbonyl (C=O) groups is 1. The Morgan fingerprint density at radius 3 is 2.35 bits per heavy atom. The average Bonchev–Trinajstić information content (AvgIpc) is 2.42. The van der Waals surface area contributed by atoms with Gasteiger partial charge in [0, 0.05) is 13.1 Å². The lowest BCUT2D eigenvalue weighted by Gasteiger charge is -2.24. The lowest BCUT2D eigenvalue weighted by atomic mass is 9.98. The summed E-state index contributed by atoms with van der Waals surface area (Å²) in [4.78, 5) is 15.0. The van der Waals surface area contributed by atoms with E-state index >= 15 is 0 Å². The predicted molar refractivity (Wildman–Crippen MR) is 82.1 cm³/mol. The first kappa shape index (κ1) is 16.7. The van der Waals surface area contributed by atoms with E-state index in [9.17, 15) is 4.79 Å². The summed E-state index contributed by atoms with van der Waals surface area (Å²) in [5.41, 5.74) is 1.32. The molecule has 0 aliphatic rings. The van der Waals surface area contributed by atoms with Gasteiger partial charge in [-0.15, -0.1) is 0 Å². The molecule has 4 nitrogen and oxygen atoms in total. The Bertz CT molecular complexity index is 393. The molecule has 1 unspecified atom stereocenters. The standard InChI is InChI=1S/C16H26N2O2/c1-14(15-7-5-4-6-8-15)9-10-18(13-16(19)20)12-11-17(2)3/h4-8,14H,9-13H2,1-3H3,(H,19,20). The highest BCUT2D eigenvalue weighted by Crippen LogP contribution is 2.18. The van der Waals surface area contributed by atoms with Crippen LogP contribution in [-0.4, -0.2) is 61.2 Å². The summed E-state index contributed by atoms with van der Waals surface area (Å²) in [5.74, 6) is -0.303. The van der Waals surface area contributed by atoms with Gasteiger partial charge in [0.05, 0.1) is 6.54 Å². The molecule has 4 heteroatoms. The Labute approximate surface area is 122 Å². The van der Waals surface area contributed by atoms with Crippen LogP contribution in [0.15, 0.2) is 30.3 Å². The fourth-order valence-electron chi connectivity index (χ4n) is 2.13. The van der Waals surface area contributed by atoms with Crippen molar-refractivity contribution >= 4 is 5.97 Å². The summed E-state index contributed by atoms with van der Waals surface area (Å²) >= 11 is 0. The van der Waals surface area contributed by atoms with E-state index in [1.807, 2.05) is 37.2 Å². The smallest absolute Gasteiger partial charge is 0.317 e. The Morgan fingerprint density at radius 2 is 1.80 bits per heavy atom. The van der Waals surface area contributed by atoms with E-state index in [0.29, 0.717) is 5.92 Å². The largest absolute Gasteiger partial charge is 0.480 e. The van der Waals surface area contributed by atoms with Crippen molar-refractivity contribution in [1.82, 2.24) is 9.80 Å². The summed E-state index contributed by atoms with van der Waals surface area (Å²) in [6.45, 7) is 4.81. The highest BCUT2D eigenvalue weighted by atomic mass is 16.4. The molecule has 0 spiro atoms. The van der Waals surface area contributed by atoms with Crippen molar-refractivity contribution in [3.05, 3.63) is 35.9 Å². The number of hydrogen-bond donors (Lipinski definition) is 1. The number of nitrogens with zero attached hydrogens (tertiary/aromatic N) is 2. The second-order valence-corrected chi connectivity index (χ2v) is 5.57. The van der Waals surface area contributed by atoms with Gasteiger partial charge in [-0.05, 0) is 38.5 Å². The SMILES string of the molecule is CC(CCN(CCN(C)C)CC(=O)O)c1ccccc1. The number of likely N-dealkylation sites (N-methyl/N-ethyl adjacent to an activating group) is 1. The third-order valence-corrected chi connectivity index (χ3v) is 3.47. The fourth-order valence-corrected chi connectivity index (χ4v) is 2.13. The zero-order chi connectivity index (χ0) is 15.0. The van der Waals surface area contributed by atoms with Crippen LogP contribution in [0.2, 0.25) is 0 Å². The minimum absolute atomic E-state index is 0.120. The first-order chi connectivity index (χ1) is 9.49. The van der Waals surface area contributed by atoms with Crippen LogP contribution in [0.25, 0.3) is 0 Å². The van der Waals surface area contributed by atoms with E-state index in [-0.39, 0.29) is 6.54 Å². The Balaban J connectivity index is 2.46. The number of carboxylic acids is 1. The van der Waals surface area contributed by atoms with Crippen LogP contribution in [0.5, 0.6) is 0 Å². The van der Waals surface area contributed by atoms with Crippen LogP contribution >= 0.6 is 0 Å². The van der Waals surface area contributed by atoms with E-state index < -0.39 is 5.97 Å². The molecule has 0 amide bonds. The van der Waals surface area contributed by atoms with Crippen LogP contribution in [-0.2, 0) is 4.79 Å². The molecule has 112 valence electrons. The van der Waals surface area contributed by atoms with Crippen molar-refractivity contribution in [2.45, 2.75) is 19.3 Å². The lowest BCUT2D eigenvalue weighted by molar-refractivity contribution is -0.138. The van der Waals surface area contributed by atoms with E-state index in [1.165, 1.54) is 5.56 Å². The maximum absolute atomic E-state index is 10.9. The van der Waals surface area contributed by atoms with Gasteiger partial charge in [-0.3, -0.25) is 9.69 Å². The zero-order valence-electron chi connectivity index (χ0n) is 12.7. The van der Waals surface area contributed by atoms with Crippen LogP contribution in [0.4, 0.5) is 0 Å². The second kappa shape index (κ2) is 8.72. The Hall–Kier alpha value is -1.39. The molecular weight excluding hydrogens is 252 g/mol. The topological polar surface area (TPSA) is 43.8 Å². The minimum atomic E-state index is -0.754. The molecule has 0 heterocycles. The fraction of sp³-hybridized carbons (Fsp3) is 0.562. The first-order valence-electron chi connectivity index (χ1n) is 7.13. The van der Waals surface area contributed by atoms with Gasteiger partial charge >= 0.3 is 5.97 Å². The van der Waals surface area contributed by atoms with Gasteiger partial charge in [-0.1, -0.05) is 37.3 Å². The second-order valence-electron chi connectivity index (χ2n) is 5.57. The van der Waals surface area contributed by atoms with Gasteiger partial charge in [0.15, 0.2) is 0 Å². The molecular formula is C16H26N2O2. The summed E-state index contributed by atoms with van der Waals surface area (Å²) in [5, 5.41) is 8.98. The molecule has 1 rings (SSSR count). The van der Waals surface area contributed by atoms with Gasteiger partial charge in [0.1, 0.15) is 0 Å². The van der Waals surface area contributed by atoms with Gasteiger partial charge in [-0.2, -0.15) is 0 Å². The van der Waals surface area contributed by atoms with Gasteiger partial charge < -0.3 is 10.0 Å². The number of benzene rings is 1. The van der Waals surface area contributed by atoms with Crippen molar-refractivity contribution in [2.75, 3.05) is 40.3 Å². The highest BCUT2D eigenvalue weighted by molar-refractivity contribution is 5.69. The first-order valence-corrected chi connectivity index (χ1v) is 7.13. The van der Waals surface area contributed by atoms with Gasteiger partial charge in [-0.25, -0.2) is 0 Å². The summed E-state index contributed by atoms with van der Waals surface area (Å²) in [7, 11) is 4.01. The maximum atomic E-state index is 10.9. The normalized spacial score (nSPS) is 12.8. The van der Waals surface area contributed by atoms with Crippen molar-refractivity contribution < 1.29 is 9.90 Å². The van der Waals surface area contributed by atoms with Crippen LogP contribution in [0.3, 0.4) is 0 Å². The molecule has 0 fully saturated rings. The van der Waals surface area contributed by atoms with Crippen molar-refractivity contribution in [2.24, 2.45) is 0 Å². The molecule has 0 aromatic heterocycles. The lowest BCUT2D eigenvalue weighted by Crippen LogP contribution is -2.36. The Morgan fingerprint density at radius 1 is 1.15 bits per heavy atom. The summed E-state index contributed by atoms with van der Waals surface area (Å²) in [6, 6.07) is 10.4. The molecule has 0 bridgehead atoms. The highest BCUT2D eigenvalue weighted by Gasteiger charge is 2.12. The number of aliphatic carboxylic acids is 1. The predicted octanol–water partition coefficient (Wildman–Crippen LogP) is 2.13. The quantitative estimate of drug-likeness (QED) is 0.751. The molecule has 1 N–H and O–H groups in total. The van der Waals surface area contributed by atoms with E-state index in [0.717, 1.165) is 26.1 Å². The summed E-state index contributed by atoms with van der Waals surface area (Å²) in [6.07, 6.45) is 0.977. The minimum Gasteiger partial charge on any atom is -0.480 e. The number of carboxylic acid groups (broad SMARTS) is 1. The van der Waals surface area contributed by atoms with Crippen LogP contribution in [0.1, 0.15) is 24.8 Å². The van der Waals surface area contributed by atoms with E-state index in [4.69, 9.17) is 5.11 Å². The van der Waals surface area contributed by atoms with E-state index in [1.54, 1.807) is 0 Å². The molecule has 20 heavy (non-hydrogen) atoms. The molecule has 1 atom stereocenters. The monoisotopic (exact) mass is 278 g/mol. The molecule has 0 radical (unpaired) electrons. The number of hydrogen-bond acceptors (Lipinski definition) is 3. The average molecular weight is 278 g/mol. The zero-order valence-corrected chi connectivity index (χ0v) is 12.7. The molecule has 1 aromatic rings.